The smallest absolute Gasteiger partial charge is 0.220 e. The molecule has 1 aliphatic heterocycles. The fourth-order valence-corrected chi connectivity index (χ4v) is 4.71. The minimum atomic E-state index is 0.0984. The number of thiophene rings is 1. The SMILES string of the molecule is O=C(CCSc1ccc(Cl)cc1)NC[C@H](c1cccs1)N1CCOCC1. The number of nitrogens with zero attached hydrogens (tertiary/aromatic N) is 1. The van der Waals surface area contributed by atoms with Crippen molar-refractivity contribution >= 4 is 40.6 Å². The van der Waals surface area contributed by atoms with Gasteiger partial charge in [-0.15, -0.1) is 23.1 Å². The maximum Gasteiger partial charge on any atom is 0.220 e. The van der Waals surface area contributed by atoms with Crippen LogP contribution in [0.3, 0.4) is 0 Å². The molecule has 0 bridgehead atoms. The lowest BCUT2D eigenvalue weighted by molar-refractivity contribution is -0.121. The average molecular weight is 411 g/mol. The molecular formula is C19H23ClN2O2S2. The quantitative estimate of drug-likeness (QED) is 0.666. The number of thioether (sulfide) groups is 1. The fraction of sp³-hybridized carbons (Fsp3) is 0.421. The Bertz CT molecular complexity index is 673. The van der Waals surface area contributed by atoms with Crippen LogP contribution in [0.1, 0.15) is 17.3 Å². The van der Waals surface area contributed by atoms with Gasteiger partial charge in [0.2, 0.25) is 5.91 Å². The van der Waals surface area contributed by atoms with Crippen LogP contribution in [-0.4, -0.2) is 49.4 Å². The van der Waals surface area contributed by atoms with E-state index in [1.807, 2.05) is 24.3 Å². The summed E-state index contributed by atoms with van der Waals surface area (Å²) in [4.78, 5) is 17.1. The van der Waals surface area contributed by atoms with E-state index in [4.69, 9.17) is 16.3 Å². The van der Waals surface area contributed by atoms with E-state index in [0.717, 1.165) is 42.0 Å². The molecule has 1 atom stereocenters. The third-order valence-electron chi connectivity index (χ3n) is 4.26. The zero-order chi connectivity index (χ0) is 18.2. The largest absolute Gasteiger partial charge is 0.379 e. The molecule has 7 heteroatoms. The van der Waals surface area contributed by atoms with E-state index in [2.05, 4.69) is 27.7 Å². The summed E-state index contributed by atoms with van der Waals surface area (Å²) in [5, 5.41) is 5.94. The van der Waals surface area contributed by atoms with Crippen LogP contribution in [0.5, 0.6) is 0 Å². The minimum absolute atomic E-state index is 0.0984. The predicted octanol–water partition coefficient (Wildman–Crippen LogP) is 4.07. The number of rotatable bonds is 8. The van der Waals surface area contributed by atoms with Crippen molar-refractivity contribution in [1.29, 1.82) is 0 Å². The molecule has 0 unspecified atom stereocenters. The fourth-order valence-electron chi connectivity index (χ4n) is 2.87. The number of hydrogen-bond acceptors (Lipinski definition) is 5. The van der Waals surface area contributed by atoms with Crippen molar-refractivity contribution < 1.29 is 9.53 Å². The third-order valence-corrected chi connectivity index (χ3v) is 6.50. The number of nitrogens with one attached hydrogen (secondary N) is 1. The summed E-state index contributed by atoms with van der Waals surface area (Å²) in [5.74, 6) is 0.857. The van der Waals surface area contributed by atoms with Crippen molar-refractivity contribution in [3.8, 4) is 0 Å². The molecule has 140 valence electrons. The Balaban J connectivity index is 1.45. The molecule has 3 rings (SSSR count). The maximum atomic E-state index is 12.3. The van der Waals surface area contributed by atoms with Gasteiger partial charge in [0.05, 0.1) is 19.3 Å². The van der Waals surface area contributed by atoms with Crippen LogP contribution in [0.15, 0.2) is 46.7 Å². The minimum Gasteiger partial charge on any atom is -0.379 e. The van der Waals surface area contributed by atoms with Gasteiger partial charge in [-0.3, -0.25) is 9.69 Å². The molecule has 1 aromatic carbocycles. The molecule has 2 heterocycles. The van der Waals surface area contributed by atoms with Gasteiger partial charge in [-0.1, -0.05) is 17.7 Å². The van der Waals surface area contributed by atoms with Gasteiger partial charge in [-0.25, -0.2) is 0 Å². The lowest BCUT2D eigenvalue weighted by Gasteiger charge is -2.34. The molecule has 0 aliphatic carbocycles. The molecule has 1 amide bonds. The van der Waals surface area contributed by atoms with Crippen LogP contribution in [0.2, 0.25) is 5.02 Å². The van der Waals surface area contributed by atoms with E-state index in [1.165, 1.54) is 4.88 Å². The zero-order valence-electron chi connectivity index (χ0n) is 14.5. The number of morpholine rings is 1. The summed E-state index contributed by atoms with van der Waals surface area (Å²) in [5.41, 5.74) is 0. The van der Waals surface area contributed by atoms with Gasteiger partial charge >= 0.3 is 0 Å². The van der Waals surface area contributed by atoms with Crippen LogP contribution >= 0.6 is 34.7 Å². The van der Waals surface area contributed by atoms with Gasteiger partial charge in [-0.2, -0.15) is 0 Å². The van der Waals surface area contributed by atoms with E-state index in [1.54, 1.807) is 23.1 Å². The monoisotopic (exact) mass is 410 g/mol. The second-order valence-electron chi connectivity index (χ2n) is 6.04. The first-order valence-electron chi connectivity index (χ1n) is 8.72. The Hall–Kier alpha value is -1.05. The Morgan fingerprint density at radius 3 is 2.73 bits per heavy atom. The molecule has 1 N–H and O–H groups in total. The lowest BCUT2D eigenvalue weighted by atomic mass is 10.2. The molecule has 4 nitrogen and oxygen atoms in total. The molecule has 1 aliphatic rings. The first-order chi connectivity index (χ1) is 12.7. The lowest BCUT2D eigenvalue weighted by Crippen LogP contribution is -2.43. The molecule has 2 aromatic rings. The van der Waals surface area contributed by atoms with Crippen molar-refractivity contribution in [2.45, 2.75) is 17.4 Å². The van der Waals surface area contributed by atoms with Crippen molar-refractivity contribution in [2.75, 3.05) is 38.6 Å². The normalized spacial score (nSPS) is 16.3. The summed E-state index contributed by atoms with van der Waals surface area (Å²) in [7, 11) is 0. The second kappa shape index (κ2) is 10.3. The summed E-state index contributed by atoms with van der Waals surface area (Å²) < 4.78 is 5.46. The van der Waals surface area contributed by atoms with E-state index in [9.17, 15) is 4.79 Å². The molecule has 1 saturated heterocycles. The van der Waals surface area contributed by atoms with Crippen LogP contribution in [-0.2, 0) is 9.53 Å². The number of amides is 1. The Morgan fingerprint density at radius 1 is 1.27 bits per heavy atom. The van der Waals surface area contributed by atoms with Crippen LogP contribution in [0.4, 0.5) is 0 Å². The van der Waals surface area contributed by atoms with E-state index in [0.29, 0.717) is 13.0 Å². The van der Waals surface area contributed by atoms with Gasteiger partial charge < -0.3 is 10.1 Å². The highest BCUT2D eigenvalue weighted by Crippen LogP contribution is 2.25. The first-order valence-corrected chi connectivity index (χ1v) is 11.0. The Labute approximate surface area is 167 Å². The first kappa shape index (κ1) is 19.7. The molecular weight excluding hydrogens is 388 g/mol. The van der Waals surface area contributed by atoms with E-state index >= 15 is 0 Å². The van der Waals surface area contributed by atoms with Gasteiger partial charge in [0, 0.05) is 46.6 Å². The van der Waals surface area contributed by atoms with Crippen LogP contribution < -0.4 is 5.32 Å². The predicted molar refractivity (Wildman–Crippen MR) is 109 cm³/mol. The maximum absolute atomic E-state index is 12.3. The summed E-state index contributed by atoms with van der Waals surface area (Å²) >= 11 is 9.31. The van der Waals surface area contributed by atoms with E-state index < -0.39 is 0 Å². The van der Waals surface area contributed by atoms with E-state index in [-0.39, 0.29) is 11.9 Å². The van der Waals surface area contributed by atoms with Gasteiger partial charge in [0.15, 0.2) is 0 Å². The number of halogens is 1. The standard InChI is InChI=1S/C19H23ClN2O2S2/c20-15-3-5-16(6-4-15)25-13-7-19(23)21-14-17(18-2-1-12-26-18)22-8-10-24-11-9-22/h1-6,12,17H,7-11,13-14H2,(H,21,23)/t17-/m1/s1. The molecule has 0 radical (unpaired) electrons. The Kier molecular flexibility index (Phi) is 7.83. The van der Waals surface area contributed by atoms with Crippen LogP contribution in [0.25, 0.3) is 0 Å². The van der Waals surface area contributed by atoms with Crippen molar-refractivity contribution in [3.63, 3.8) is 0 Å². The summed E-state index contributed by atoms with van der Waals surface area (Å²) in [6.45, 7) is 3.97. The second-order valence-corrected chi connectivity index (χ2v) is 8.62. The highest BCUT2D eigenvalue weighted by Gasteiger charge is 2.23. The van der Waals surface area contributed by atoms with Gasteiger partial charge in [-0.05, 0) is 35.7 Å². The average Bonchev–Trinajstić information content (AvgIpc) is 3.19. The van der Waals surface area contributed by atoms with Crippen molar-refractivity contribution in [3.05, 3.63) is 51.7 Å². The van der Waals surface area contributed by atoms with Crippen LogP contribution in [0, 0.1) is 0 Å². The third kappa shape index (κ3) is 5.99. The number of carbonyl (C=O) groups is 1. The zero-order valence-corrected chi connectivity index (χ0v) is 16.9. The molecule has 1 fully saturated rings. The Morgan fingerprint density at radius 2 is 2.04 bits per heavy atom. The highest BCUT2D eigenvalue weighted by atomic mass is 35.5. The number of benzene rings is 1. The number of carbonyl (C=O) groups excluding carboxylic acids is 1. The number of ether oxygens (including phenoxy) is 1. The topological polar surface area (TPSA) is 41.6 Å². The van der Waals surface area contributed by atoms with Crippen molar-refractivity contribution in [1.82, 2.24) is 10.2 Å². The van der Waals surface area contributed by atoms with Crippen molar-refractivity contribution in [2.24, 2.45) is 0 Å². The molecule has 26 heavy (non-hydrogen) atoms. The molecule has 0 saturated carbocycles. The summed E-state index contributed by atoms with van der Waals surface area (Å²) in [6, 6.07) is 12.2. The van der Waals surface area contributed by atoms with Gasteiger partial charge in [0.25, 0.3) is 0 Å². The number of hydrogen-bond donors (Lipinski definition) is 1. The molecule has 1 aromatic heterocycles. The van der Waals surface area contributed by atoms with Gasteiger partial charge in [0.1, 0.15) is 0 Å². The highest BCUT2D eigenvalue weighted by molar-refractivity contribution is 7.99. The molecule has 0 spiro atoms. The summed E-state index contributed by atoms with van der Waals surface area (Å²) in [6.07, 6.45) is 0.508.